The summed E-state index contributed by atoms with van der Waals surface area (Å²) < 4.78 is 4.66. The Morgan fingerprint density at radius 1 is 1.35 bits per heavy atom. The van der Waals surface area contributed by atoms with E-state index in [1.807, 2.05) is 0 Å². The number of ether oxygens (including phenoxy) is 1. The molecule has 1 N–H and O–H groups in total. The van der Waals surface area contributed by atoms with Gasteiger partial charge in [0, 0.05) is 25.6 Å². The van der Waals surface area contributed by atoms with Crippen LogP contribution < -0.4 is 5.32 Å². The molecule has 2 amide bonds. The largest absolute Gasteiger partial charge is 0.453 e. The summed E-state index contributed by atoms with van der Waals surface area (Å²) in [5, 5.41) is 3.01. The van der Waals surface area contributed by atoms with Gasteiger partial charge in [-0.1, -0.05) is 13.3 Å². The van der Waals surface area contributed by atoms with Crippen LogP contribution in [-0.2, 0) is 9.53 Å². The summed E-state index contributed by atoms with van der Waals surface area (Å²) in [4.78, 5) is 24.5. The maximum Gasteiger partial charge on any atom is 0.409 e. The molecule has 1 fully saturated rings. The Morgan fingerprint density at radius 2 is 2.00 bits per heavy atom. The molecule has 98 valence electrons. The first kappa shape index (κ1) is 13.8. The fourth-order valence-corrected chi connectivity index (χ4v) is 1.97. The zero-order valence-electron chi connectivity index (χ0n) is 10.7. The first-order valence-corrected chi connectivity index (χ1v) is 6.29. The molecule has 0 aromatic carbocycles. The van der Waals surface area contributed by atoms with Gasteiger partial charge in [-0.15, -0.1) is 0 Å². The van der Waals surface area contributed by atoms with E-state index in [1.54, 1.807) is 4.90 Å². The van der Waals surface area contributed by atoms with Gasteiger partial charge >= 0.3 is 6.09 Å². The van der Waals surface area contributed by atoms with Gasteiger partial charge in [-0.3, -0.25) is 4.79 Å². The number of hydrogen-bond donors (Lipinski definition) is 1. The second-order valence-corrected chi connectivity index (χ2v) is 4.40. The Hall–Kier alpha value is -1.26. The Morgan fingerprint density at radius 3 is 2.53 bits per heavy atom. The van der Waals surface area contributed by atoms with Gasteiger partial charge in [0.05, 0.1) is 7.11 Å². The zero-order valence-corrected chi connectivity index (χ0v) is 10.7. The second kappa shape index (κ2) is 7.14. The van der Waals surface area contributed by atoms with Crippen LogP contribution in [0.2, 0.25) is 0 Å². The van der Waals surface area contributed by atoms with Gasteiger partial charge in [-0.2, -0.15) is 0 Å². The maximum absolute atomic E-state index is 11.5. The third-order valence-electron chi connectivity index (χ3n) is 3.05. The molecule has 1 saturated heterocycles. The maximum atomic E-state index is 11.5. The van der Waals surface area contributed by atoms with E-state index in [1.165, 1.54) is 7.11 Å². The normalized spacial score (nSPS) is 16.7. The van der Waals surface area contributed by atoms with Crippen molar-refractivity contribution in [2.45, 2.75) is 45.1 Å². The van der Waals surface area contributed by atoms with Crippen molar-refractivity contribution in [3.05, 3.63) is 0 Å². The molecule has 1 aliphatic rings. The van der Waals surface area contributed by atoms with Crippen molar-refractivity contribution in [1.82, 2.24) is 10.2 Å². The lowest BCUT2D eigenvalue weighted by atomic mass is 10.1. The molecule has 0 saturated carbocycles. The average molecular weight is 242 g/mol. The molecule has 0 aromatic rings. The fourth-order valence-electron chi connectivity index (χ4n) is 1.97. The highest BCUT2D eigenvalue weighted by molar-refractivity contribution is 5.76. The van der Waals surface area contributed by atoms with Gasteiger partial charge in [0.2, 0.25) is 5.91 Å². The van der Waals surface area contributed by atoms with Crippen LogP contribution >= 0.6 is 0 Å². The van der Waals surface area contributed by atoms with E-state index in [0.717, 1.165) is 25.7 Å². The highest BCUT2D eigenvalue weighted by Gasteiger charge is 2.23. The smallest absolute Gasteiger partial charge is 0.409 e. The molecule has 0 aromatic heterocycles. The van der Waals surface area contributed by atoms with Crippen LogP contribution in [-0.4, -0.2) is 43.1 Å². The fraction of sp³-hybridized carbons (Fsp3) is 0.833. The Bertz CT molecular complexity index is 260. The molecule has 0 radical (unpaired) electrons. The Labute approximate surface area is 102 Å². The third kappa shape index (κ3) is 4.63. The summed E-state index contributed by atoms with van der Waals surface area (Å²) in [6.45, 7) is 3.39. The molecule has 1 aliphatic heterocycles. The standard InChI is InChI=1S/C12H22N2O3/c1-3-4-5-11(15)13-10-6-8-14(9-7-10)12(16)17-2/h10H,3-9H2,1-2H3,(H,13,15). The lowest BCUT2D eigenvalue weighted by Crippen LogP contribution is -2.46. The van der Waals surface area contributed by atoms with Crippen molar-refractivity contribution >= 4 is 12.0 Å². The van der Waals surface area contributed by atoms with Crippen LogP contribution in [0.15, 0.2) is 0 Å². The number of rotatable bonds is 4. The SMILES string of the molecule is CCCCC(=O)NC1CCN(C(=O)OC)CC1. The highest BCUT2D eigenvalue weighted by Crippen LogP contribution is 2.11. The van der Waals surface area contributed by atoms with E-state index in [-0.39, 0.29) is 18.0 Å². The van der Waals surface area contributed by atoms with Crippen LogP contribution in [0.5, 0.6) is 0 Å². The molecule has 0 bridgehead atoms. The van der Waals surface area contributed by atoms with E-state index >= 15 is 0 Å². The summed E-state index contributed by atoms with van der Waals surface area (Å²) in [7, 11) is 1.39. The minimum absolute atomic E-state index is 0.128. The predicted octanol–water partition coefficient (Wildman–Crippen LogP) is 1.52. The van der Waals surface area contributed by atoms with E-state index in [9.17, 15) is 9.59 Å². The highest BCUT2D eigenvalue weighted by atomic mass is 16.5. The number of carbonyl (C=O) groups is 2. The Kier molecular flexibility index (Phi) is 5.80. The van der Waals surface area contributed by atoms with Crippen molar-refractivity contribution in [1.29, 1.82) is 0 Å². The van der Waals surface area contributed by atoms with E-state index in [4.69, 9.17) is 0 Å². The van der Waals surface area contributed by atoms with Crippen molar-refractivity contribution in [3.8, 4) is 0 Å². The number of amides is 2. The van der Waals surface area contributed by atoms with Gasteiger partial charge in [-0.25, -0.2) is 4.79 Å². The summed E-state index contributed by atoms with van der Waals surface area (Å²) >= 11 is 0. The topological polar surface area (TPSA) is 58.6 Å². The third-order valence-corrected chi connectivity index (χ3v) is 3.05. The number of unbranched alkanes of at least 4 members (excludes halogenated alkanes) is 1. The second-order valence-electron chi connectivity index (χ2n) is 4.40. The van der Waals surface area contributed by atoms with E-state index in [0.29, 0.717) is 19.5 Å². The van der Waals surface area contributed by atoms with Crippen LogP contribution in [0.25, 0.3) is 0 Å². The zero-order chi connectivity index (χ0) is 12.7. The van der Waals surface area contributed by atoms with Crippen LogP contribution in [0.4, 0.5) is 4.79 Å². The molecular formula is C12H22N2O3. The van der Waals surface area contributed by atoms with Gasteiger partial charge in [0.15, 0.2) is 0 Å². The molecule has 0 aliphatic carbocycles. The van der Waals surface area contributed by atoms with Crippen molar-refractivity contribution < 1.29 is 14.3 Å². The van der Waals surface area contributed by atoms with E-state index < -0.39 is 0 Å². The van der Waals surface area contributed by atoms with Crippen LogP contribution in [0.1, 0.15) is 39.0 Å². The summed E-state index contributed by atoms with van der Waals surface area (Å²) in [6.07, 6.45) is 3.93. The van der Waals surface area contributed by atoms with Gasteiger partial charge in [-0.05, 0) is 19.3 Å². The molecule has 5 heteroatoms. The Balaban J connectivity index is 2.23. The minimum Gasteiger partial charge on any atom is -0.453 e. The molecule has 5 nitrogen and oxygen atoms in total. The monoisotopic (exact) mass is 242 g/mol. The molecule has 1 heterocycles. The summed E-state index contributed by atoms with van der Waals surface area (Å²) in [5.74, 6) is 0.128. The van der Waals surface area contributed by atoms with Crippen molar-refractivity contribution in [2.24, 2.45) is 0 Å². The van der Waals surface area contributed by atoms with Crippen LogP contribution in [0, 0.1) is 0 Å². The lowest BCUT2D eigenvalue weighted by Gasteiger charge is -2.31. The number of nitrogens with zero attached hydrogens (tertiary/aromatic N) is 1. The van der Waals surface area contributed by atoms with Gasteiger partial charge < -0.3 is 15.0 Å². The molecule has 1 rings (SSSR count). The van der Waals surface area contributed by atoms with Crippen LogP contribution in [0.3, 0.4) is 0 Å². The lowest BCUT2D eigenvalue weighted by molar-refractivity contribution is -0.122. The van der Waals surface area contributed by atoms with Gasteiger partial charge in [0.1, 0.15) is 0 Å². The first-order valence-electron chi connectivity index (χ1n) is 6.29. The first-order chi connectivity index (χ1) is 8.17. The van der Waals surface area contributed by atoms with Gasteiger partial charge in [0.25, 0.3) is 0 Å². The number of piperidine rings is 1. The molecule has 17 heavy (non-hydrogen) atoms. The molecule has 0 atom stereocenters. The molecular weight excluding hydrogens is 220 g/mol. The number of carbonyl (C=O) groups excluding carboxylic acids is 2. The van der Waals surface area contributed by atoms with E-state index in [2.05, 4.69) is 17.0 Å². The number of hydrogen-bond acceptors (Lipinski definition) is 3. The minimum atomic E-state index is -0.277. The number of methoxy groups -OCH3 is 1. The number of nitrogens with one attached hydrogen (secondary N) is 1. The summed E-state index contributed by atoms with van der Waals surface area (Å²) in [6, 6.07) is 0.209. The summed E-state index contributed by atoms with van der Waals surface area (Å²) in [5.41, 5.74) is 0. The van der Waals surface area contributed by atoms with Crippen molar-refractivity contribution in [2.75, 3.05) is 20.2 Å². The average Bonchev–Trinajstić information content (AvgIpc) is 2.36. The molecule has 0 unspecified atom stereocenters. The quantitative estimate of drug-likeness (QED) is 0.813. The number of likely N-dealkylation sites (tertiary alicyclic amines) is 1. The van der Waals surface area contributed by atoms with Crippen molar-refractivity contribution in [3.63, 3.8) is 0 Å². The predicted molar refractivity (Wildman–Crippen MR) is 64.7 cm³/mol. The molecule has 0 spiro atoms.